The van der Waals surface area contributed by atoms with Gasteiger partial charge in [-0.2, -0.15) is 4.31 Å². The molecule has 0 radical (unpaired) electrons. The van der Waals surface area contributed by atoms with Crippen LogP contribution < -0.4 is 4.72 Å². The summed E-state index contributed by atoms with van der Waals surface area (Å²) in [6.07, 6.45) is 0. The molecule has 0 saturated heterocycles. The first-order chi connectivity index (χ1) is 14.1. The van der Waals surface area contributed by atoms with Crippen LogP contribution in [0.2, 0.25) is 0 Å². The van der Waals surface area contributed by atoms with Gasteiger partial charge in [0.2, 0.25) is 10.0 Å². The summed E-state index contributed by atoms with van der Waals surface area (Å²) in [5.41, 5.74) is 1.32. The van der Waals surface area contributed by atoms with Gasteiger partial charge >= 0.3 is 0 Å². The van der Waals surface area contributed by atoms with Crippen LogP contribution in [0, 0.1) is 12.7 Å². The van der Waals surface area contributed by atoms with Crippen molar-refractivity contribution < 1.29 is 21.2 Å². The summed E-state index contributed by atoms with van der Waals surface area (Å²) in [5, 5.41) is 0. The molecule has 0 aliphatic heterocycles. The van der Waals surface area contributed by atoms with Crippen molar-refractivity contribution in [1.82, 2.24) is 4.31 Å². The lowest BCUT2D eigenvalue weighted by Crippen LogP contribution is -2.26. The Hall–Kier alpha value is -2.75. The Morgan fingerprint density at radius 1 is 0.900 bits per heavy atom. The summed E-state index contributed by atoms with van der Waals surface area (Å²) in [5.74, 6) is -0.527. The minimum Gasteiger partial charge on any atom is -0.280 e. The van der Waals surface area contributed by atoms with E-state index in [-0.39, 0.29) is 27.6 Å². The Labute approximate surface area is 176 Å². The van der Waals surface area contributed by atoms with Crippen molar-refractivity contribution in [2.45, 2.75) is 23.3 Å². The maximum absolute atomic E-state index is 13.2. The van der Waals surface area contributed by atoms with Crippen LogP contribution >= 0.6 is 0 Å². The normalized spacial score (nSPS) is 12.1. The minimum atomic E-state index is -3.94. The van der Waals surface area contributed by atoms with Gasteiger partial charge in [-0.05, 0) is 60.5 Å². The van der Waals surface area contributed by atoms with Gasteiger partial charge in [0.15, 0.2) is 0 Å². The molecule has 9 heteroatoms. The maximum atomic E-state index is 13.2. The zero-order valence-corrected chi connectivity index (χ0v) is 18.0. The molecule has 0 spiro atoms. The van der Waals surface area contributed by atoms with E-state index in [9.17, 15) is 21.2 Å². The van der Waals surface area contributed by atoms with Crippen molar-refractivity contribution in [2.24, 2.45) is 0 Å². The lowest BCUT2D eigenvalue weighted by molar-refractivity contribution is 0.467. The van der Waals surface area contributed by atoms with Crippen molar-refractivity contribution in [3.63, 3.8) is 0 Å². The molecule has 3 aromatic carbocycles. The number of benzene rings is 3. The second-order valence-corrected chi connectivity index (χ2v) is 10.5. The van der Waals surface area contributed by atoms with Crippen molar-refractivity contribution in [3.05, 3.63) is 89.7 Å². The van der Waals surface area contributed by atoms with Gasteiger partial charge in [-0.1, -0.05) is 30.3 Å². The van der Waals surface area contributed by atoms with Gasteiger partial charge in [-0.3, -0.25) is 4.72 Å². The summed E-state index contributed by atoms with van der Waals surface area (Å²) < 4.78 is 67.6. The smallest absolute Gasteiger partial charge is 0.262 e. The van der Waals surface area contributed by atoms with Crippen molar-refractivity contribution in [2.75, 3.05) is 11.8 Å². The number of anilines is 1. The molecule has 158 valence electrons. The lowest BCUT2D eigenvalue weighted by atomic mass is 10.2. The number of aryl methyl sites for hydroxylation is 1. The van der Waals surface area contributed by atoms with E-state index >= 15 is 0 Å². The van der Waals surface area contributed by atoms with E-state index < -0.39 is 25.9 Å². The fraction of sp³-hybridized carbons (Fsp3) is 0.143. The number of rotatable bonds is 7. The average Bonchev–Trinajstić information content (AvgIpc) is 2.68. The van der Waals surface area contributed by atoms with Gasteiger partial charge in [0.25, 0.3) is 10.0 Å². The molecule has 3 aromatic rings. The maximum Gasteiger partial charge on any atom is 0.262 e. The molecule has 1 N–H and O–H groups in total. The molecule has 0 aliphatic carbocycles. The van der Waals surface area contributed by atoms with Gasteiger partial charge in [0.05, 0.1) is 9.79 Å². The Morgan fingerprint density at radius 2 is 1.53 bits per heavy atom. The number of sulfonamides is 2. The van der Waals surface area contributed by atoms with E-state index in [2.05, 4.69) is 4.72 Å². The SMILES string of the molecule is Cc1cc(F)ccc1S(=O)(=O)Nc1ccc(S(=O)(=O)N(C)Cc2ccccc2)cc1. The van der Waals surface area contributed by atoms with Crippen LogP contribution in [-0.4, -0.2) is 28.2 Å². The van der Waals surface area contributed by atoms with Gasteiger partial charge in [-0.25, -0.2) is 21.2 Å². The van der Waals surface area contributed by atoms with Crippen LogP contribution in [-0.2, 0) is 26.6 Å². The summed E-state index contributed by atoms with van der Waals surface area (Å²) in [7, 11) is -6.21. The Morgan fingerprint density at radius 3 is 2.13 bits per heavy atom. The summed E-state index contributed by atoms with van der Waals surface area (Å²) >= 11 is 0. The van der Waals surface area contributed by atoms with E-state index in [0.717, 1.165) is 17.7 Å². The number of hydrogen-bond donors (Lipinski definition) is 1. The van der Waals surface area contributed by atoms with Crippen LogP contribution in [0.15, 0.2) is 82.6 Å². The van der Waals surface area contributed by atoms with E-state index in [1.807, 2.05) is 30.3 Å². The molecule has 30 heavy (non-hydrogen) atoms. The molecule has 0 atom stereocenters. The van der Waals surface area contributed by atoms with Crippen LogP contribution in [0.1, 0.15) is 11.1 Å². The third kappa shape index (κ3) is 4.86. The third-order valence-corrected chi connectivity index (χ3v) is 7.85. The monoisotopic (exact) mass is 448 g/mol. The molecule has 6 nitrogen and oxygen atoms in total. The predicted octanol–water partition coefficient (Wildman–Crippen LogP) is 3.76. The molecule has 3 rings (SSSR count). The molecule has 0 unspecified atom stereocenters. The van der Waals surface area contributed by atoms with E-state index in [0.29, 0.717) is 0 Å². The molecule has 0 saturated carbocycles. The topological polar surface area (TPSA) is 83.5 Å². The van der Waals surface area contributed by atoms with Crippen molar-refractivity contribution >= 4 is 25.7 Å². The first kappa shape index (κ1) is 21.9. The molecular weight excluding hydrogens is 427 g/mol. The average molecular weight is 449 g/mol. The summed E-state index contributed by atoms with van der Waals surface area (Å²) in [6.45, 7) is 1.71. The molecule has 0 heterocycles. The first-order valence-corrected chi connectivity index (χ1v) is 11.9. The van der Waals surface area contributed by atoms with Crippen LogP contribution in [0.5, 0.6) is 0 Å². The molecular formula is C21H21FN2O4S2. The second kappa shape index (κ2) is 8.55. The lowest BCUT2D eigenvalue weighted by Gasteiger charge is -2.18. The first-order valence-electron chi connectivity index (χ1n) is 8.99. The second-order valence-electron chi connectivity index (χ2n) is 6.79. The van der Waals surface area contributed by atoms with Crippen molar-refractivity contribution in [3.8, 4) is 0 Å². The van der Waals surface area contributed by atoms with Crippen LogP contribution in [0.3, 0.4) is 0 Å². The highest BCUT2D eigenvalue weighted by molar-refractivity contribution is 7.92. The highest BCUT2D eigenvalue weighted by atomic mass is 32.2. The number of nitrogens with zero attached hydrogens (tertiary/aromatic N) is 1. The zero-order chi connectivity index (χ0) is 21.9. The quantitative estimate of drug-likeness (QED) is 0.597. The molecule has 0 aromatic heterocycles. The Balaban J connectivity index is 1.78. The van der Waals surface area contributed by atoms with E-state index in [4.69, 9.17) is 0 Å². The van der Waals surface area contributed by atoms with Crippen molar-refractivity contribution in [1.29, 1.82) is 0 Å². The molecule has 0 bridgehead atoms. The summed E-state index contributed by atoms with van der Waals surface area (Å²) in [6, 6.07) is 18.0. The number of halogens is 1. The van der Waals surface area contributed by atoms with Gasteiger partial charge < -0.3 is 0 Å². The Kier molecular flexibility index (Phi) is 6.25. The van der Waals surface area contributed by atoms with Gasteiger partial charge in [-0.15, -0.1) is 0 Å². The number of nitrogens with one attached hydrogen (secondary N) is 1. The van der Waals surface area contributed by atoms with Gasteiger partial charge in [0.1, 0.15) is 5.82 Å². The Bertz CT molecular complexity index is 1240. The highest BCUT2D eigenvalue weighted by Gasteiger charge is 2.22. The third-order valence-electron chi connectivity index (χ3n) is 4.49. The molecule has 0 fully saturated rings. The zero-order valence-electron chi connectivity index (χ0n) is 16.4. The van der Waals surface area contributed by atoms with Crippen LogP contribution in [0.4, 0.5) is 10.1 Å². The predicted molar refractivity (Wildman–Crippen MR) is 113 cm³/mol. The minimum absolute atomic E-state index is 0.0434. The molecule has 0 aliphatic rings. The van der Waals surface area contributed by atoms with E-state index in [1.54, 1.807) is 0 Å². The largest absolute Gasteiger partial charge is 0.280 e. The molecule has 0 amide bonds. The summed E-state index contributed by atoms with van der Waals surface area (Å²) in [4.78, 5) is -0.00923. The van der Waals surface area contributed by atoms with Gasteiger partial charge in [0, 0.05) is 19.3 Å². The fourth-order valence-corrected chi connectivity index (χ4v) is 5.37. The fourth-order valence-electron chi connectivity index (χ4n) is 2.92. The number of hydrogen-bond acceptors (Lipinski definition) is 4. The standard InChI is InChI=1S/C21H21FN2O4S2/c1-16-14-18(22)8-13-21(16)29(25,26)23-19-9-11-20(12-10-19)30(27,28)24(2)15-17-6-4-3-5-7-17/h3-14,23H,15H2,1-2H3. The highest BCUT2D eigenvalue weighted by Crippen LogP contribution is 2.23. The van der Waals surface area contributed by atoms with E-state index in [1.165, 1.54) is 48.6 Å². The van der Waals surface area contributed by atoms with Crippen LogP contribution in [0.25, 0.3) is 0 Å².